The molecule has 2 aromatic heterocycles. The lowest BCUT2D eigenvalue weighted by Gasteiger charge is -2.52. The number of rotatable bonds is 3. The summed E-state index contributed by atoms with van der Waals surface area (Å²) in [6.07, 6.45) is 8.23. The van der Waals surface area contributed by atoms with Crippen molar-refractivity contribution in [1.29, 1.82) is 0 Å². The summed E-state index contributed by atoms with van der Waals surface area (Å²) in [5.41, 5.74) is 1.74. The molecular weight excluding hydrogens is 442 g/mol. The van der Waals surface area contributed by atoms with Crippen LogP contribution in [0.1, 0.15) is 54.0 Å². The molecule has 1 saturated carbocycles. The summed E-state index contributed by atoms with van der Waals surface area (Å²) in [7, 11) is 0. The van der Waals surface area contributed by atoms with E-state index in [2.05, 4.69) is 9.88 Å². The first kappa shape index (κ1) is 22.5. The SMILES string of the molecule is Cc1cn2c(C(=O)N3CCC(O)(c4ccccc4)C4CCCCC43)nc(N3CCOCC3)c2cn1. The minimum atomic E-state index is -0.905. The molecule has 3 aliphatic rings. The van der Waals surface area contributed by atoms with E-state index in [-0.39, 0.29) is 17.9 Å². The van der Waals surface area contributed by atoms with E-state index in [1.54, 1.807) is 0 Å². The topological polar surface area (TPSA) is 83.2 Å². The van der Waals surface area contributed by atoms with Gasteiger partial charge in [0.25, 0.3) is 5.91 Å². The maximum atomic E-state index is 14.1. The molecule has 0 spiro atoms. The molecule has 1 aromatic carbocycles. The molecule has 184 valence electrons. The van der Waals surface area contributed by atoms with E-state index in [4.69, 9.17) is 9.72 Å². The number of nitrogens with zero attached hydrogens (tertiary/aromatic N) is 5. The van der Waals surface area contributed by atoms with Crippen LogP contribution in [0.4, 0.5) is 5.82 Å². The van der Waals surface area contributed by atoms with E-state index in [1.165, 1.54) is 0 Å². The predicted molar refractivity (Wildman–Crippen MR) is 132 cm³/mol. The molecule has 1 aliphatic carbocycles. The summed E-state index contributed by atoms with van der Waals surface area (Å²) in [4.78, 5) is 27.7. The maximum Gasteiger partial charge on any atom is 0.290 e. The van der Waals surface area contributed by atoms with Crippen molar-refractivity contribution in [3.63, 3.8) is 0 Å². The lowest BCUT2D eigenvalue weighted by molar-refractivity contribution is -0.110. The van der Waals surface area contributed by atoms with E-state index < -0.39 is 5.60 Å². The molecule has 3 fully saturated rings. The van der Waals surface area contributed by atoms with Crippen LogP contribution < -0.4 is 4.90 Å². The van der Waals surface area contributed by atoms with Gasteiger partial charge in [0.15, 0.2) is 5.82 Å². The molecule has 8 heteroatoms. The number of benzene rings is 1. The van der Waals surface area contributed by atoms with Gasteiger partial charge in [-0.3, -0.25) is 14.2 Å². The van der Waals surface area contributed by atoms with Gasteiger partial charge in [0.1, 0.15) is 5.52 Å². The molecule has 0 bridgehead atoms. The number of fused-ring (bicyclic) bond motifs is 2. The lowest BCUT2D eigenvalue weighted by atomic mass is 9.66. The highest BCUT2D eigenvalue weighted by molar-refractivity contribution is 5.94. The first-order valence-corrected chi connectivity index (χ1v) is 12.8. The third kappa shape index (κ3) is 3.79. The van der Waals surface area contributed by atoms with Gasteiger partial charge in [-0.05, 0) is 31.7 Å². The second kappa shape index (κ2) is 8.91. The Morgan fingerprint density at radius 1 is 1.11 bits per heavy atom. The van der Waals surface area contributed by atoms with Crippen molar-refractivity contribution in [3.05, 3.63) is 59.8 Å². The van der Waals surface area contributed by atoms with Gasteiger partial charge in [0.2, 0.25) is 5.82 Å². The Bertz CT molecular complexity index is 1220. The third-order valence-corrected chi connectivity index (χ3v) is 8.15. The van der Waals surface area contributed by atoms with Crippen molar-refractivity contribution >= 4 is 17.2 Å². The van der Waals surface area contributed by atoms with Crippen molar-refractivity contribution in [3.8, 4) is 0 Å². The summed E-state index contributed by atoms with van der Waals surface area (Å²) in [6, 6.07) is 10.0. The molecule has 0 radical (unpaired) electrons. The van der Waals surface area contributed by atoms with E-state index in [9.17, 15) is 9.90 Å². The van der Waals surface area contributed by atoms with Gasteiger partial charge >= 0.3 is 0 Å². The molecule has 1 N–H and O–H groups in total. The van der Waals surface area contributed by atoms with E-state index in [0.29, 0.717) is 32.0 Å². The Hall–Kier alpha value is -2.97. The van der Waals surface area contributed by atoms with Gasteiger partial charge in [-0.15, -0.1) is 0 Å². The molecule has 2 saturated heterocycles. The highest BCUT2D eigenvalue weighted by atomic mass is 16.5. The second-order valence-corrected chi connectivity index (χ2v) is 10.1. The Morgan fingerprint density at radius 3 is 2.69 bits per heavy atom. The number of hydrogen-bond acceptors (Lipinski definition) is 6. The molecule has 3 atom stereocenters. The highest BCUT2D eigenvalue weighted by Gasteiger charge is 2.50. The number of morpholine rings is 1. The van der Waals surface area contributed by atoms with Crippen molar-refractivity contribution in [2.75, 3.05) is 37.7 Å². The number of carbonyl (C=O) groups excluding carboxylic acids is 1. The number of aryl methyl sites for hydroxylation is 1. The fourth-order valence-corrected chi connectivity index (χ4v) is 6.38. The Balaban J connectivity index is 1.37. The summed E-state index contributed by atoms with van der Waals surface area (Å²) >= 11 is 0. The number of ether oxygens (including phenoxy) is 1. The molecular formula is C27H33N5O3. The number of aromatic nitrogens is 3. The smallest absolute Gasteiger partial charge is 0.290 e. The summed E-state index contributed by atoms with van der Waals surface area (Å²) in [6.45, 7) is 5.22. The number of anilines is 1. The van der Waals surface area contributed by atoms with E-state index in [0.717, 1.165) is 61.4 Å². The van der Waals surface area contributed by atoms with Crippen molar-refractivity contribution < 1.29 is 14.6 Å². The standard InChI is InChI=1S/C27H33N5O3/c1-19-18-32-23(17-28-19)24(30-13-15-35-16-14-30)29-25(32)26(33)31-12-11-27(34,20-7-3-2-4-8-20)21-9-5-6-10-22(21)31/h2-4,7-8,17-18,21-22,34H,5-6,9-16H2,1H3. The quantitative estimate of drug-likeness (QED) is 0.627. The first-order chi connectivity index (χ1) is 17.1. The van der Waals surface area contributed by atoms with Crippen LogP contribution in [0.2, 0.25) is 0 Å². The van der Waals surface area contributed by atoms with Crippen LogP contribution in [0.3, 0.4) is 0 Å². The fraction of sp³-hybridized carbons (Fsp3) is 0.519. The maximum absolute atomic E-state index is 14.1. The summed E-state index contributed by atoms with van der Waals surface area (Å²) in [5, 5.41) is 11.9. The van der Waals surface area contributed by atoms with Crippen molar-refractivity contribution in [1.82, 2.24) is 19.3 Å². The fourth-order valence-electron chi connectivity index (χ4n) is 6.38. The molecule has 35 heavy (non-hydrogen) atoms. The van der Waals surface area contributed by atoms with Gasteiger partial charge < -0.3 is 19.6 Å². The predicted octanol–water partition coefficient (Wildman–Crippen LogP) is 3.17. The molecule has 3 aromatic rings. The van der Waals surface area contributed by atoms with Crippen LogP contribution in [-0.4, -0.2) is 69.2 Å². The number of hydrogen-bond donors (Lipinski definition) is 1. The van der Waals surface area contributed by atoms with Gasteiger partial charge in [-0.2, -0.15) is 0 Å². The second-order valence-electron chi connectivity index (χ2n) is 10.1. The number of aliphatic hydroxyl groups is 1. The van der Waals surface area contributed by atoms with E-state index in [1.807, 2.05) is 58.9 Å². The minimum Gasteiger partial charge on any atom is -0.385 e. The molecule has 2 aliphatic heterocycles. The van der Waals surface area contributed by atoms with Crippen molar-refractivity contribution in [2.45, 2.75) is 50.7 Å². The Kier molecular flexibility index (Phi) is 5.73. The minimum absolute atomic E-state index is 0.00248. The molecule has 6 rings (SSSR count). The van der Waals surface area contributed by atoms with Gasteiger partial charge in [0.05, 0.1) is 30.7 Å². The Morgan fingerprint density at radius 2 is 1.89 bits per heavy atom. The zero-order valence-corrected chi connectivity index (χ0v) is 20.3. The van der Waals surface area contributed by atoms with Crippen LogP contribution in [0.15, 0.2) is 42.7 Å². The zero-order chi connectivity index (χ0) is 24.0. The van der Waals surface area contributed by atoms with E-state index >= 15 is 0 Å². The number of likely N-dealkylation sites (tertiary alicyclic amines) is 1. The lowest BCUT2D eigenvalue weighted by Crippen LogP contribution is -2.59. The van der Waals surface area contributed by atoms with Crippen LogP contribution >= 0.6 is 0 Å². The first-order valence-electron chi connectivity index (χ1n) is 12.8. The third-order valence-electron chi connectivity index (χ3n) is 8.15. The van der Waals surface area contributed by atoms with Crippen LogP contribution in [0.5, 0.6) is 0 Å². The molecule has 1 amide bonds. The Labute approximate surface area is 205 Å². The van der Waals surface area contributed by atoms with Gasteiger partial charge in [0, 0.05) is 37.8 Å². The summed E-state index contributed by atoms with van der Waals surface area (Å²) < 4.78 is 7.43. The van der Waals surface area contributed by atoms with Crippen LogP contribution in [0.25, 0.3) is 5.52 Å². The largest absolute Gasteiger partial charge is 0.385 e. The number of carbonyl (C=O) groups is 1. The van der Waals surface area contributed by atoms with Crippen LogP contribution in [-0.2, 0) is 10.3 Å². The zero-order valence-electron chi connectivity index (χ0n) is 20.3. The number of amides is 1. The normalized spacial score (nSPS) is 27.1. The van der Waals surface area contributed by atoms with Crippen molar-refractivity contribution in [2.24, 2.45) is 5.92 Å². The molecule has 4 heterocycles. The number of piperidine rings is 1. The number of imidazole rings is 1. The van der Waals surface area contributed by atoms with Gasteiger partial charge in [-0.25, -0.2) is 4.98 Å². The highest BCUT2D eigenvalue weighted by Crippen LogP contribution is 2.47. The average Bonchev–Trinajstić information content (AvgIpc) is 3.28. The summed E-state index contributed by atoms with van der Waals surface area (Å²) in [5.74, 6) is 1.19. The molecule has 8 nitrogen and oxygen atoms in total. The van der Waals surface area contributed by atoms with Gasteiger partial charge in [-0.1, -0.05) is 43.2 Å². The van der Waals surface area contributed by atoms with Crippen LogP contribution in [0, 0.1) is 12.8 Å². The monoisotopic (exact) mass is 475 g/mol. The average molecular weight is 476 g/mol. The molecule has 3 unspecified atom stereocenters.